The van der Waals surface area contributed by atoms with Gasteiger partial charge in [-0.15, -0.1) is 0 Å². The Balaban J connectivity index is 1.69. The normalized spacial score (nSPS) is 16.5. The van der Waals surface area contributed by atoms with Gasteiger partial charge >= 0.3 is 5.97 Å². The summed E-state index contributed by atoms with van der Waals surface area (Å²) in [6, 6.07) is 9.74. The maximum absolute atomic E-state index is 12.2. The van der Waals surface area contributed by atoms with Gasteiger partial charge in [-0.2, -0.15) is 9.97 Å². The summed E-state index contributed by atoms with van der Waals surface area (Å²) in [5, 5.41) is 0.977. The van der Waals surface area contributed by atoms with Crippen LogP contribution in [0.4, 0.5) is 5.82 Å². The van der Waals surface area contributed by atoms with E-state index in [1.807, 2.05) is 51.1 Å². The van der Waals surface area contributed by atoms with Gasteiger partial charge in [0.15, 0.2) is 5.65 Å². The molecule has 1 fully saturated rings. The van der Waals surface area contributed by atoms with Crippen molar-refractivity contribution in [3.63, 3.8) is 0 Å². The molecule has 9 heteroatoms. The number of fused-ring (bicyclic) bond motifs is 1. The van der Waals surface area contributed by atoms with E-state index >= 15 is 0 Å². The molecule has 0 radical (unpaired) electrons. The Hall–Kier alpha value is -2.97. The number of rotatable bonds is 5. The fraction of sp³-hybridized carbons (Fsp3) is 0.440. The van der Waals surface area contributed by atoms with Crippen LogP contribution in [-0.4, -0.2) is 53.8 Å². The fourth-order valence-electron chi connectivity index (χ4n) is 3.80. The van der Waals surface area contributed by atoms with Gasteiger partial charge in [0.25, 0.3) is 0 Å². The molecule has 3 heterocycles. The number of esters is 1. The van der Waals surface area contributed by atoms with E-state index in [2.05, 4.69) is 21.8 Å². The second-order valence-corrected chi connectivity index (χ2v) is 9.69. The molecule has 0 spiro atoms. The number of aromatic nitrogens is 3. The Kier molecular flexibility index (Phi) is 6.91. The lowest BCUT2D eigenvalue weighted by Gasteiger charge is -2.34. The topological polar surface area (TPSA) is 86.7 Å². The molecule has 0 aliphatic carbocycles. The van der Waals surface area contributed by atoms with E-state index in [1.165, 1.54) is 0 Å². The zero-order valence-electron chi connectivity index (χ0n) is 20.1. The predicted octanol–water partition coefficient (Wildman–Crippen LogP) is 4.67. The third-order valence-electron chi connectivity index (χ3n) is 5.70. The first-order valence-corrected chi connectivity index (χ1v) is 11.6. The van der Waals surface area contributed by atoms with Crippen LogP contribution in [0.1, 0.15) is 33.3 Å². The van der Waals surface area contributed by atoms with E-state index < -0.39 is 5.41 Å². The predicted molar refractivity (Wildman–Crippen MR) is 131 cm³/mol. The van der Waals surface area contributed by atoms with E-state index in [-0.39, 0.29) is 23.9 Å². The van der Waals surface area contributed by atoms with Crippen LogP contribution in [0.3, 0.4) is 0 Å². The summed E-state index contributed by atoms with van der Waals surface area (Å²) in [5.41, 5.74) is 2.25. The van der Waals surface area contributed by atoms with Gasteiger partial charge in [-0.1, -0.05) is 0 Å². The van der Waals surface area contributed by atoms with Crippen LogP contribution in [0.5, 0.6) is 5.75 Å². The highest BCUT2D eigenvalue weighted by Crippen LogP contribution is 2.31. The molecule has 1 aliphatic heterocycles. The zero-order chi connectivity index (χ0) is 24.5. The van der Waals surface area contributed by atoms with Gasteiger partial charge in [-0.05, 0) is 69.6 Å². The van der Waals surface area contributed by atoms with Gasteiger partial charge in [0.2, 0.25) is 5.28 Å². The number of carbonyl (C=O) groups excluding carboxylic acids is 1. The molecule has 1 atom stereocenters. The van der Waals surface area contributed by atoms with Crippen molar-refractivity contribution in [2.24, 2.45) is 5.41 Å². The minimum absolute atomic E-state index is 0.105. The summed E-state index contributed by atoms with van der Waals surface area (Å²) in [6.45, 7) is 9.64. The number of nitrogens with zero attached hydrogens (tertiary/aromatic N) is 4. The van der Waals surface area contributed by atoms with E-state index in [1.54, 1.807) is 7.11 Å². The number of methoxy groups -OCH3 is 1. The lowest BCUT2D eigenvalue weighted by Crippen LogP contribution is -2.44. The van der Waals surface area contributed by atoms with Crippen molar-refractivity contribution in [2.45, 2.75) is 40.3 Å². The minimum atomic E-state index is -0.584. The average molecular weight is 485 g/mol. The highest BCUT2D eigenvalue weighted by Gasteiger charge is 2.25. The Morgan fingerprint density at radius 3 is 2.71 bits per heavy atom. The number of morpholine rings is 1. The number of anilines is 1. The molecule has 3 aromatic rings. The van der Waals surface area contributed by atoms with E-state index in [4.69, 9.17) is 30.8 Å². The highest BCUT2D eigenvalue weighted by atomic mass is 35.5. The smallest absolute Gasteiger partial charge is 0.311 e. The summed E-state index contributed by atoms with van der Waals surface area (Å²) < 4.78 is 16.5. The molecule has 1 aromatic carbocycles. The first-order valence-electron chi connectivity index (χ1n) is 11.2. The van der Waals surface area contributed by atoms with Crippen molar-refractivity contribution in [2.75, 3.05) is 31.8 Å². The summed E-state index contributed by atoms with van der Waals surface area (Å²) in [7, 11) is 1.59. The third kappa shape index (κ3) is 5.08. The van der Waals surface area contributed by atoms with Crippen LogP contribution < -0.4 is 9.64 Å². The van der Waals surface area contributed by atoms with Crippen molar-refractivity contribution in [1.29, 1.82) is 0 Å². The van der Waals surface area contributed by atoms with Crippen LogP contribution in [0.15, 0.2) is 30.3 Å². The van der Waals surface area contributed by atoms with E-state index in [0.29, 0.717) is 30.3 Å². The number of pyridine rings is 1. The van der Waals surface area contributed by atoms with Gasteiger partial charge in [0, 0.05) is 17.7 Å². The third-order valence-corrected chi connectivity index (χ3v) is 5.87. The molecule has 2 aromatic heterocycles. The molecule has 0 saturated carbocycles. The van der Waals surface area contributed by atoms with Crippen LogP contribution in [0.2, 0.25) is 5.28 Å². The fourth-order valence-corrected chi connectivity index (χ4v) is 3.96. The molecule has 0 unspecified atom stereocenters. The van der Waals surface area contributed by atoms with Crippen LogP contribution in [0, 0.1) is 5.41 Å². The zero-order valence-corrected chi connectivity index (χ0v) is 20.8. The number of carbonyl (C=O) groups is 1. The summed E-state index contributed by atoms with van der Waals surface area (Å²) in [4.78, 5) is 28.1. The van der Waals surface area contributed by atoms with Gasteiger partial charge < -0.3 is 19.1 Å². The summed E-state index contributed by atoms with van der Waals surface area (Å²) in [6.07, 6.45) is 0. The molecular weight excluding hydrogens is 456 g/mol. The van der Waals surface area contributed by atoms with Crippen molar-refractivity contribution in [1.82, 2.24) is 15.0 Å². The lowest BCUT2D eigenvalue weighted by atomic mass is 9.97. The van der Waals surface area contributed by atoms with Crippen molar-refractivity contribution < 1.29 is 19.0 Å². The van der Waals surface area contributed by atoms with Gasteiger partial charge in [-0.3, -0.25) is 4.79 Å². The molecular formula is C25H29ClN4O4. The second-order valence-electron chi connectivity index (χ2n) is 9.35. The maximum Gasteiger partial charge on any atom is 0.311 e. The maximum atomic E-state index is 12.2. The molecule has 0 N–H and O–H groups in total. The molecule has 0 bridgehead atoms. The van der Waals surface area contributed by atoms with Crippen molar-refractivity contribution >= 4 is 34.4 Å². The van der Waals surface area contributed by atoms with Crippen LogP contribution in [-0.2, 0) is 20.9 Å². The first-order chi connectivity index (χ1) is 16.2. The molecule has 1 aliphatic rings. The van der Waals surface area contributed by atoms with E-state index in [9.17, 15) is 4.79 Å². The highest BCUT2D eigenvalue weighted by molar-refractivity contribution is 6.28. The Bertz CT molecular complexity index is 1210. The second kappa shape index (κ2) is 9.72. The summed E-state index contributed by atoms with van der Waals surface area (Å²) >= 11 is 6.28. The number of hydrogen-bond donors (Lipinski definition) is 0. The standard InChI is InChI=1S/C25H29ClN4O4/c1-15-13-33-11-10-30(15)22-18-7-8-19(27-21(18)28-24(26)29-22)16-6-9-20(32-5)17(12-16)14-34-23(31)25(2,3)4/h6-9,12,15H,10-11,13-14H2,1-5H3/t15-/m0/s1. The van der Waals surface area contributed by atoms with Gasteiger partial charge in [0.05, 0.1) is 42.9 Å². The van der Waals surface area contributed by atoms with Crippen LogP contribution in [0.25, 0.3) is 22.3 Å². The number of ether oxygens (including phenoxy) is 3. The Morgan fingerprint density at radius 1 is 1.21 bits per heavy atom. The molecule has 1 saturated heterocycles. The lowest BCUT2D eigenvalue weighted by molar-refractivity contribution is -0.154. The number of hydrogen-bond acceptors (Lipinski definition) is 8. The minimum Gasteiger partial charge on any atom is -0.496 e. The van der Waals surface area contributed by atoms with Crippen molar-refractivity contribution in [3.8, 4) is 17.0 Å². The number of halogens is 1. The quantitative estimate of drug-likeness (QED) is 0.381. The molecule has 4 rings (SSSR count). The van der Waals surface area contributed by atoms with Crippen LogP contribution >= 0.6 is 11.6 Å². The average Bonchev–Trinajstić information content (AvgIpc) is 2.81. The number of benzene rings is 1. The molecule has 0 amide bonds. The summed E-state index contributed by atoms with van der Waals surface area (Å²) in [5.74, 6) is 1.12. The Morgan fingerprint density at radius 2 is 2.00 bits per heavy atom. The van der Waals surface area contributed by atoms with Crippen molar-refractivity contribution in [3.05, 3.63) is 41.2 Å². The first kappa shape index (κ1) is 24.2. The molecule has 34 heavy (non-hydrogen) atoms. The SMILES string of the molecule is COc1ccc(-c2ccc3c(N4CCOC[C@@H]4C)nc(Cl)nc3n2)cc1COC(=O)C(C)(C)C. The monoisotopic (exact) mass is 484 g/mol. The largest absolute Gasteiger partial charge is 0.496 e. The van der Waals surface area contributed by atoms with E-state index in [0.717, 1.165) is 28.9 Å². The Labute approximate surface area is 204 Å². The van der Waals surface area contributed by atoms with Gasteiger partial charge in [0.1, 0.15) is 18.2 Å². The van der Waals surface area contributed by atoms with Gasteiger partial charge in [-0.25, -0.2) is 4.98 Å². The molecule has 180 valence electrons. The molecule has 8 nitrogen and oxygen atoms in total.